The number of rotatable bonds is 8. The average molecular weight is 400 g/mol. The minimum Gasteiger partial charge on any atom is -0.378 e. The molecule has 4 nitrogen and oxygen atoms in total. The van der Waals surface area contributed by atoms with Gasteiger partial charge < -0.3 is 9.80 Å². The summed E-state index contributed by atoms with van der Waals surface area (Å²) in [6, 6.07) is 20.5. The third kappa shape index (κ3) is 6.05. The Labute approximate surface area is 179 Å². The zero-order valence-electron chi connectivity index (χ0n) is 18.0. The number of carbonyl (C=O) groups is 1. The summed E-state index contributed by atoms with van der Waals surface area (Å²) in [5.41, 5.74) is 5.56. The van der Waals surface area contributed by atoms with Gasteiger partial charge in [-0.3, -0.25) is 9.78 Å². The lowest BCUT2D eigenvalue weighted by atomic mass is 10.1. The van der Waals surface area contributed by atoms with Crippen LogP contribution in [0, 0.1) is 0 Å². The average Bonchev–Trinajstić information content (AvgIpc) is 2.78. The van der Waals surface area contributed by atoms with Crippen LogP contribution in [-0.4, -0.2) is 29.9 Å². The van der Waals surface area contributed by atoms with Crippen molar-refractivity contribution in [2.75, 3.05) is 19.0 Å². The van der Waals surface area contributed by atoms with Gasteiger partial charge in [-0.1, -0.05) is 49.4 Å². The summed E-state index contributed by atoms with van der Waals surface area (Å²) in [5.74, 6) is -0.0184. The first kappa shape index (κ1) is 21.3. The number of benzene rings is 2. The first-order chi connectivity index (χ1) is 14.5. The maximum absolute atomic E-state index is 13.0. The van der Waals surface area contributed by atoms with E-state index in [-0.39, 0.29) is 5.91 Å². The minimum absolute atomic E-state index is 0.0184. The van der Waals surface area contributed by atoms with Crippen LogP contribution in [0.4, 0.5) is 5.69 Å². The molecule has 1 heterocycles. The standard InChI is InChI=1S/C26H29N3O/c1-4-21-7-9-23(10-8-21)19-29(20-24-6-5-17-27-18-24)26(30)16-13-22-11-14-25(15-12-22)28(2)3/h5-18H,4,19-20H2,1-3H3. The molecule has 0 aliphatic heterocycles. The Hall–Kier alpha value is -3.40. The molecule has 3 rings (SSSR count). The number of aryl methyl sites for hydroxylation is 1. The van der Waals surface area contributed by atoms with Gasteiger partial charge in [0.1, 0.15) is 0 Å². The monoisotopic (exact) mass is 399 g/mol. The van der Waals surface area contributed by atoms with Gasteiger partial charge in [-0.25, -0.2) is 0 Å². The second kappa shape index (κ2) is 10.4. The first-order valence-corrected chi connectivity index (χ1v) is 10.3. The van der Waals surface area contributed by atoms with E-state index in [1.165, 1.54) is 5.56 Å². The summed E-state index contributed by atoms with van der Waals surface area (Å²) in [7, 11) is 4.02. The molecule has 0 N–H and O–H groups in total. The SMILES string of the molecule is CCc1ccc(CN(Cc2cccnc2)C(=O)C=Cc2ccc(N(C)C)cc2)cc1. The number of pyridine rings is 1. The number of anilines is 1. The van der Waals surface area contributed by atoms with Gasteiger partial charge in [0, 0.05) is 51.3 Å². The largest absolute Gasteiger partial charge is 0.378 e. The zero-order valence-corrected chi connectivity index (χ0v) is 18.0. The van der Waals surface area contributed by atoms with Crippen LogP contribution >= 0.6 is 0 Å². The Morgan fingerprint density at radius 2 is 1.57 bits per heavy atom. The van der Waals surface area contributed by atoms with E-state index in [0.717, 1.165) is 28.8 Å². The fourth-order valence-electron chi connectivity index (χ4n) is 3.18. The molecule has 4 heteroatoms. The van der Waals surface area contributed by atoms with Crippen molar-refractivity contribution in [1.29, 1.82) is 0 Å². The summed E-state index contributed by atoms with van der Waals surface area (Å²) in [6.07, 6.45) is 8.09. The van der Waals surface area contributed by atoms with Crippen molar-refractivity contribution < 1.29 is 4.79 Å². The van der Waals surface area contributed by atoms with E-state index in [2.05, 4.69) is 41.1 Å². The Bertz CT molecular complexity index is 961. The number of amides is 1. The van der Waals surface area contributed by atoms with Crippen molar-refractivity contribution in [1.82, 2.24) is 9.88 Å². The number of hydrogen-bond acceptors (Lipinski definition) is 3. The zero-order chi connectivity index (χ0) is 21.3. The molecule has 0 fully saturated rings. The van der Waals surface area contributed by atoms with Gasteiger partial charge in [-0.15, -0.1) is 0 Å². The molecule has 1 amide bonds. The maximum atomic E-state index is 13.0. The molecule has 1 aromatic heterocycles. The van der Waals surface area contributed by atoms with Crippen LogP contribution in [0.1, 0.15) is 29.2 Å². The minimum atomic E-state index is -0.0184. The van der Waals surface area contributed by atoms with Gasteiger partial charge >= 0.3 is 0 Å². The lowest BCUT2D eigenvalue weighted by Crippen LogP contribution is -2.28. The summed E-state index contributed by atoms with van der Waals surface area (Å²) in [5, 5.41) is 0. The molecule has 0 saturated heterocycles. The Balaban J connectivity index is 1.76. The maximum Gasteiger partial charge on any atom is 0.247 e. The molecular weight excluding hydrogens is 370 g/mol. The summed E-state index contributed by atoms with van der Waals surface area (Å²) >= 11 is 0. The molecule has 0 aliphatic carbocycles. The van der Waals surface area contributed by atoms with Crippen molar-refractivity contribution in [3.63, 3.8) is 0 Å². The van der Waals surface area contributed by atoms with E-state index in [9.17, 15) is 4.79 Å². The van der Waals surface area contributed by atoms with Crippen LogP contribution in [0.2, 0.25) is 0 Å². The van der Waals surface area contributed by atoms with Crippen LogP contribution in [0.15, 0.2) is 79.1 Å². The van der Waals surface area contributed by atoms with Crippen molar-refractivity contribution in [3.8, 4) is 0 Å². The van der Waals surface area contributed by atoms with E-state index >= 15 is 0 Å². The van der Waals surface area contributed by atoms with Crippen LogP contribution in [0.5, 0.6) is 0 Å². The highest BCUT2D eigenvalue weighted by atomic mass is 16.2. The third-order valence-corrected chi connectivity index (χ3v) is 5.04. The van der Waals surface area contributed by atoms with Gasteiger partial charge in [-0.05, 0) is 52.9 Å². The quantitative estimate of drug-likeness (QED) is 0.503. The van der Waals surface area contributed by atoms with Gasteiger partial charge in [0.25, 0.3) is 0 Å². The molecule has 0 radical (unpaired) electrons. The topological polar surface area (TPSA) is 36.4 Å². The van der Waals surface area contributed by atoms with Gasteiger partial charge in [0.2, 0.25) is 5.91 Å². The van der Waals surface area contributed by atoms with Crippen LogP contribution in [0.3, 0.4) is 0 Å². The first-order valence-electron chi connectivity index (χ1n) is 10.3. The fraction of sp³-hybridized carbons (Fsp3) is 0.231. The molecular formula is C26H29N3O. The summed E-state index contributed by atoms with van der Waals surface area (Å²) in [4.78, 5) is 21.1. The van der Waals surface area contributed by atoms with Crippen LogP contribution < -0.4 is 4.90 Å². The van der Waals surface area contributed by atoms with Crippen molar-refractivity contribution in [2.24, 2.45) is 0 Å². The lowest BCUT2D eigenvalue weighted by Gasteiger charge is -2.21. The van der Waals surface area contributed by atoms with Crippen molar-refractivity contribution >= 4 is 17.7 Å². The highest BCUT2D eigenvalue weighted by molar-refractivity contribution is 5.91. The molecule has 0 bridgehead atoms. The van der Waals surface area contributed by atoms with Crippen molar-refractivity contribution in [2.45, 2.75) is 26.4 Å². The second-order valence-electron chi connectivity index (χ2n) is 7.54. The van der Waals surface area contributed by atoms with Gasteiger partial charge in [-0.2, -0.15) is 0 Å². The smallest absolute Gasteiger partial charge is 0.247 e. The van der Waals surface area contributed by atoms with E-state index in [1.807, 2.05) is 67.7 Å². The highest BCUT2D eigenvalue weighted by Crippen LogP contribution is 2.15. The van der Waals surface area contributed by atoms with Crippen LogP contribution in [0.25, 0.3) is 6.08 Å². The number of hydrogen-bond donors (Lipinski definition) is 0. The second-order valence-corrected chi connectivity index (χ2v) is 7.54. The molecule has 3 aromatic rings. The Morgan fingerprint density at radius 3 is 2.17 bits per heavy atom. The Kier molecular flexibility index (Phi) is 7.39. The van der Waals surface area contributed by atoms with E-state index in [0.29, 0.717) is 13.1 Å². The normalized spacial score (nSPS) is 10.9. The van der Waals surface area contributed by atoms with E-state index in [1.54, 1.807) is 12.3 Å². The van der Waals surface area contributed by atoms with Crippen LogP contribution in [-0.2, 0) is 24.3 Å². The predicted octanol–water partition coefficient (Wildman–Crippen LogP) is 4.95. The molecule has 0 aliphatic rings. The predicted molar refractivity (Wildman–Crippen MR) is 124 cm³/mol. The van der Waals surface area contributed by atoms with Crippen molar-refractivity contribution in [3.05, 3.63) is 101 Å². The lowest BCUT2D eigenvalue weighted by molar-refractivity contribution is -0.127. The molecule has 0 saturated carbocycles. The molecule has 0 spiro atoms. The third-order valence-electron chi connectivity index (χ3n) is 5.04. The molecule has 154 valence electrons. The molecule has 30 heavy (non-hydrogen) atoms. The molecule has 0 atom stereocenters. The van der Waals surface area contributed by atoms with Gasteiger partial charge in [0.05, 0.1) is 0 Å². The summed E-state index contributed by atoms with van der Waals surface area (Å²) < 4.78 is 0. The molecule has 2 aromatic carbocycles. The number of nitrogens with zero attached hydrogens (tertiary/aromatic N) is 3. The summed E-state index contributed by atoms with van der Waals surface area (Å²) in [6.45, 7) is 3.22. The Morgan fingerprint density at radius 1 is 0.900 bits per heavy atom. The van der Waals surface area contributed by atoms with E-state index < -0.39 is 0 Å². The van der Waals surface area contributed by atoms with E-state index in [4.69, 9.17) is 0 Å². The molecule has 0 unspecified atom stereocenters. The highest BCUT2D eigenvalue weighted by Gasteiger charge is 2.12. The number of carbonyl (C=O) groups excluding carboxylic acids is 1. The van der Waals surface area contributed by atoms with Gasteiger partial charge in [0.15, 0.2) is 0 Å². The fourth-order valence-corrected chi connectivity index (χ4v) is 3.18. The number of aromatic nitrogens is 1.